The number of nitrogens with zero attached hydrogens (tertiary/aromatic N) is 1. The fourth-order valence-electron chi connectivity index (χ4n) is 2.33. The third-order valence-electron chi connectivity index (χ3n) is 3.22. The molecule has 3 heteroatoms. The van der Waals surface area contributed by atoms with E-state index in [2.05, 4.69) is 29.3 Å². The Morgan fingerprint density at radius 1 is 1.19 bits per heavy atom. The lowest BCUT2D eigenvalue weighted by atomic mass is 10.2. The van der Waals surface area contributed by atoms with E-state index in [1.165, 1.54) is 10.9 Å². The molecule has 1 N–H and O–H groups in total. The normalized spacial score (nSPS) is 16.9. The van der Waals surface area contributed by atoms with E-state index < -0.39 is 0 Å². The van der Waals surface area contributed by atoms with Gasteiger partial charge in [0.15, 0.2) is 5.88 Å². The van der Waals surface area contributed by atoms with Crippen LogP contribution < -0.4 is 10.2 Å². The molecular weight excluding hydrogens is 200 g/mol. The predicted molar refractivity (Wildman–Crippen MR) is 66.0 cm³/mol. The van der Waals surface area contributed by atoms with Crippen LogP contribution in [0.3, 0.4) is 0 Å². The number of hydrogen-bond donors (Lipinski definition) is 1. The third-order valence-corrected chi connectivity index (χ3v) is 3.22. The van der Waals surface area contributed by atoms with Gasteiger partial charge < -0.3 is 14.6 Å². The molecule has 84 valence electrons. The van der Waals surface area contributed by atoms with Crippen molar-refractivity contribution in [3.05, 3.63) is 29.8 Å². The average Bonchev–Trinajstić information content (AvgIpc) is 2.69. The van der Waals surface area contributed by atoms with E-state index in [0.29, 0.717) is 0 Å². The molecule has 0 aliphatic carbocycles. The monoisotopic (exact) mass is 216 g/mol. The molecule has 0 bridgehead atoms. The number of para-hydroxylation sites is 1. The standard InChI is InChI=1S/C13H16N2O/c1-10-11-4-2-3-5-12(11)16-13(10)15-8-6-14-7-9-15/h2-5,14H,6-9H2,1H3. The van der Waals surface area contributed by atoms with Crippen molar-refractivity contribution >= 4 is 16.9 Å². The summed E-state index contributed by atoms with van der Waals surface area (Å²) >= 11 is 0. The Balaban J connectivity index is 2.05. The molecule has 2 aromatic rings. The first-order valence-electron chi connectivity index (χ1n) is 5.80. The van der Waals surface area contributed by atoms with Crippen LogP contribution in [0.25, 0.3) is 11.0 Å². The van der Waals surface area contributed by atoms with Crippen LogP contribution in [0.5, 0.6) is 0 Å². The zero-order valence-electron chi connectivity index (χ0n) is 9.49. The highest BCUT2D eigenvalue weighted by Crippen LogP contribution is 2.31. The van der Waals surface area contributed by atoms with Crippen LogP contribution in [0.4, 0.5) is 5.88 Å². The lowest BCUT2D eigenvalue weighted by Crippen LogP contribution is -2.43. The maximum atomic E-state index is 5.94. The molecule has 1 aromatic carbocycles. The van der Waals surface area contributed by atoms with Crippen LogP contribution in [0.1, 0.15) is 5.56 Å². The van der Waals surface area contributed by atoms with Crippen molar-refractivity contribution < 1.29 is 4.42 Å². The van der Waals surface area contributed by atoms with E-state index in [1.54, 1.807) is 0 Å². The number of hydrogen-bond acceptors (Lipinski definition) is 3. The molecule has 0 radical (unpaired) electrons. The van der Waals surface area contributed by atoms with Gasteiger partial charge in [0, 0.05) is 37.1 Å². The number of nitrogens with one attached hydrogen (secondary N) is 1. The lowest BCUT2D eigenvalue weighted by Gasteiger charge is -2.27. The van der Waals surface area contributed by atoms with E-state index in [4.69, 9.17) is 4.42 Å². The van der Waals surface area contributed by atoms with Crippen molar-refractivity contribution in [3.8, 4) is 0 Å². The molecule has 2 heterocycles. The van der Waals surface area contributed by atoms with Crippen LogP contribution >= 0.6 is 0 Å². The summed E-state index contributed by atoms with van der Waals surface area (Å²) in [6, 6.07) is 8.24. The summed E-state index contributed by atoms with van der Waals surface area (Å²) in [6.07, 6.45) is 0. The summed E-state index contributed by atoms with van der Waals surface area (Å²) < 4.78 is 5.94. The molecule has 16 heavy (non-hydrogen) atoms. The molecule has 1 aliphatic heterocycles. The summed E-state index contributed by atoms with van der Waals surface area (Å²) in [5.74, 6) is 1.04. The highest BCUT2D eigenvalue weighted by atomic mass is 16.4. The van der Waals surface area contributed by atoms with Crippen molar-refractivity contribution in [1.29, 1.82) is 0 Å². The SMILES string of the molecule is Cc1c(N2CCNCC2)oc2ccccc12. The van der Waals surface area contributed by atoms with Gasteiger partial charge in [0.2, 0.25) is 0 Å². The van der Waals surface area contributed by atoms with E-state index in [9.17, 15) is 0 Å². The van der Waals surface area contributed by atoms with Crippen molar-refractivity contribution in [3.63, 3.8) is 0 Å². The van der Waals surface area contributed by atoms with Crippen molar-refractivity contribution in [2.75, 3.05) is 31.1 Å². The zero-order valence-corrected chi connectivity index (χ0v) is 9.49. The number of piperazine rings is 1. The minimum atomic E-state index is 0.994. The minimum Gasteiger partial charge on any atom is -0.440 e. The molecule has 0 unspecified atom stereocenters. The maximum absolute atomic E-state index is 5.94. The Morgan fingerprint density at radius 2 is 1.94 bits per heavy atom. The molecule has 0 saturated carbocycles. The summed E-state index contributed by atoms with van der Waals surface area (Å²) in [4.78, 5) is 2.33. The Hall–Kier alpha value is -1.48. The quantitative estimate of drug-likeness (QED) is 0.791. The van der Waals surface area contributed by atoms with Crippen molar-refractivity contribution in [2.24, 2.45) is 0 Å². The van der Waals surface area contributed by atoms with E-state index in [-0.39, 0.29) is 0 Å². The minimum absolute atomic E-state index is 0.994. The van der Waals surface area contributed by atoms with Crippen LogP contribution in [-0.4, -0.2) is 26.2 Å². The zero-order chi connectivity index (χ0) is 11.0. The summed E-state index contributed by atoms with van der Waals surface area (Å²) in [5, 5.41) is 4.59. The first kappa shape index (κ1) is 9.73. The molecule has 1 fully saturated rings. The summed E-state index contributed by atoms with van der Waals surface area (Å²) in [6.45, 7) is 6.28. The summed E-state index contributed by atoms with van der Waals surface area (Å²) in [7, 11) is 0. The van der Waals surface area contributed by atoms with Crippen LogP contribution in [0.2, 0.25) is 0 Å². The molecule has 0 atom stereocenters. The topological polar surface area (TPSA) is 28.4 Å². The van der Waals surface area contributed by atoms with E-state index >= 15 is 0 Å². The van der Waals surface area contributed by atoms with Crippen LogP contribution in [0.15, 0.2) is 28.7 Å². The largest absolute Gasteiger partial charge is 0.440 e. The van der Waals surface area contributed by atoms with Gasteiger partial charge in [0.25, 0.3) is 0 Å². The smallest absolute Gasteiger partial charge is 0.199 e. The number of benzene rings is 1. The fraction of sp³-hybridized carbons (Fsp3) is 0.385. The highest BCUT2D eigenvalue weighted by Gasteiger charge is 2.18. The van der Waals surface area contributed by atoms with E-state index in [0.717, 1.165) is 37.6 Å². The Labute approximate surface area is 95.0 Å². The Kier molecular flexibility index (Phi) is 2.33. The molecule has 1 saturated heterocycles. The van der Waals surface area contributed by atoms with Gasteiger partial charge >= 0.3 is 0 Å². The van der Waals surface area contributed by atoms with Gasteiger partial charge in [-0.3, -0.25) is 0 Å². The molecule has 3 rings (SSSR count). The predicted octanol–water partition coefficient (Wildman–Crippen LogP) is 2.15. The molecule has 0 spiro atoms. The maximum Gasteiger partial charge on any atom is 0.199 e. The molecule has 3 nitrogen and oxygen atoms in total. The average molecular weight is 216 g/mol. The van der Waals surface area contributed by atoms with Crippen LogP contribution in [-0.2, 0) is 0 Å². The first-order valence-corrected chi connectivity index (χ1v) is 5.80. The van der Waals surface area contributed by atoms with Gasteiger partial charge in [-0.15, -0.1) is 0 Å². The van der Waals surface area contributed by atoms with Gasteiger partial charge in [-0.25, -0.2) is 0 Å². The first-order chi connectivity index (χ1) is 7.86. The van der Waals surface area contributed by atoms with Crippen molar-refractivity contribution in [1.82, 2.24) is 5.32 Å². The number of fused-ring (bicyclic) bond motifs is 1. The molecular formula is C13H16N2O. The Morgan fingerprint density at radius 3 is 2.69 bits per heavy atom. The second-order valence-corrected chi connectivity index (χ2v) is 4.27. The van der Waals surface area contributed by atoms with Gasteiger partial charge in [0.1, 0.15) is 5.58 Å². The third kappa shape index (κ3) is 1.48. The molecule has 1 aliphatic rings. The lowest BCUT2D eigenvalue weighted by molar-refractivity contribution is 0.525. The number of anilines is 1. The van der Waals surface area contributed by atoms with E-state index in [1.807, 2.05) is 12.1 Å². The number of furan rings is 1. The molecule has 1 aromatic heterocycles. The fourth-order valence-corrected chi connectivity index (χ4v) is 2.33. The van der Waals surface area contributed by atoms with Gasteiger partial charge in [0.05, 0.1) is 0 Å². The van der Waals surface area contributed by atoms with Gasteiger partial charge in [-0.1, -0.05) is 18.2 Å². The Bertz CT molecular complexity index is 498. The van der Waals surface area contributed by atoms with Gasteiger partial charge in [-0.2, -0.15) is 0 Å². The van der Waals surface area contributed by atoms with Gasteiger partial charge in [-0.05, 0) is 13.0 Å². The number of aryl methyl sites for hydroxylation is 1. The summed E-state index contributed by atoms with van der Waals surface area (Å²) in [5.41, 5.74) is 2.26. The van der Waals surface area contributed by atoms with Crippen molar-refractivity contribution in [2.45, 2.75) is 6.92 Å². The second kappa shape index (κ2) is 3.83. The number of rotatable bonds is 1. The molecule has 0 amide bonds. The van der Waals surface area contributed by atoms with Crippen LogP contribution in [0, 0.1) is 6.92 Å². The second-order valence-electron chi connectivity index (χ2n) is 4.27. The highest BCUT2D eigenvalue weighted by molar-refractivity contribution is 5.85.